The van der Waals surface area contributed by atoms with E-state index in [0.717, 1.165) is 24.3 Å². The zero-order valence-electron chi connectivity index (χ0n) is 13.6. The molecule has 5 heteroatoms. The van der Waals surface area contributed by atoms with Gasteiger partial charge in [-0.15, -0.1) is 0 Å². The lowest BCUT2D eigenvalue weighted by Crippen LogP contribution is -2.35. The summed E-state index contributed by atoms with van der Waals surface area (Å²) in [6, 6.07) is 3.96. The number of aliphatic carboxylic acids is 1. The number of benzene rings is 1. The second kappa shape index (κ2) is 5.41. The molecule has 22 heavy (non-hydrogen) atoms. The van der Waals surface area contributed by atoms with Crippen LogP contribution in [0.1, 0.15) is 22.4 Å². The van der Waals surface area contributed by atoms with Crippen molar-refractivity contribution < 1.29 is 9.90 Å². The summed E-state index contributed by atoms with van der Waals surface area (Å²) < 4.78 is 2.18. The number of aromatic nitrogens is 1. The molecule has 118 valence electrons. The van der Waals surface area contributed by atoms with Gasteiger partial charge in [-0.2, -0.15) is 0 Å². The number of rotatable bonds is 4. The van der Waals surface area contributed by atoms with Crippen LogP contribution in [0, 0.1) is 6.92 Å². The SMILES string of the molecule is CNC(Cc1c(C)n(C)c2cc3c(cc12)CN(C)C3)C(=O)O. The van der Waals surface area contributed by atoms with Crippen molar-refractivity contribution in [3.8, 4) is 0 Å². The molecule has 2 aromatic rings. The van der Waals surface area contributed by atoms with E-state index in [0.29, 0.717) is 6.42 Å². The number of hydrogen-bond acceptors (Lipinski definition) is 3. The van der Waals surface area contributed by atoms with Gasteiger partial charge in [0.15, 0.2) is 0 Å². The molecule has 0 saturated heterocycles. The van der Waals surface area contributed by atoms with E-state index in [1.807, 2.05) is 0 Å². The second-order valence-corrected chi connectivity index (χ2v) is 6.32. The van der Waals surface area contributed by atoms with Gasteiger partial charge in [0.1, 0.15) is 6.04 Å². The van der Waals surface area contributed by atoms with E-state index in [-0.39, 0.29) is 0 Å². The van der Waals surface area contributed by atoms with E-state index in [2.05, 4.69) is 47.9 Å². The molecule has 1 aromatic heterocycles. The number of carboxylic acids is 1. The van der Waals surface area contributed by atoms with E-state index in [4.69, 9.17) is 0 Å². The number of likely N-dealkylation sites (N-methyl/N-ethyl adjacent to an activating group) is 1. The molecule has 0 spiro atoms. The summed E-state index contributed by atoms with van der Waals surface area (Å²) in [6.07, 6.45) is 0.504. The van der Waals surface area contributed by atoms with Gasteiger partial charge in [-0.25, -0.2) is 0 Å². The lowest BCUT2D eigenvalue weighted by Gasteiger charge is -2.11. The van der Waals surface area contributed by atoms with Gasteiger partial charge in [0.25, 0.3) is 0 Å². The quantitative estimate of drug-likeness (QED) is 0.901. The van der Waals surface area contributed by atoms with Crippen molar-refractivity contribution in [2.75, 3.05) is 14.1 Å². The first-order valence-corrected chi connectivity index (χ1v) is 7.60. The van der Waals surface area contributed by atoms with Gasteiger partial charge in [-0.3, -0.25) is 9.69 Å². The van der Waals surface area contributed by atoms with E-state index in [9.17, 15) is 9.90 Å². The molecule has 1 atom stereocenters. The second-order valence-electron chi connectivity index (χ2n) is 6.32. The lowest BCUT2D eigenvalue weighted by molar-refractivity contribution is -0.139. The van der Waals surface area contributed by atoms with Crippen molar-refractivity contribution in [1.82, 2.24) is 14.8 Å². The Morgan fingerprint density at radius 3 is 2.55 bits per heavy atom. The van der Waals surface area contributed by atoms with Gasteiger partial charge in [-0.1, -0.05) is 0 Å². The topological polar surface area (TPSA) is 57.5 Å². The van der Waals surface area contributed by atoms with E-state index < -0.39 is 12.0 Å². The minimum absolute atomic E-state index is 0.504. The van der Waals surface area contributed by atoms with Gasteiger partial charge in [0.05, 0.1) is 0 Å². The summed E-state index contributed by atoms with van der Waals surface area (Å²) in [5.74, 6) is -0.806. The van der Waals surface area contributed by atoms with Crippen molar-refractivity contribution in [1.29, 1.82) is 0 Å². The third-order valence-electron chi connectivity index (χ3n) is 4.88. The number of carboxylic acid groups (broad SMARTS) is 1. The van der Waals surface area contributed by atoms with Crippen LogP contribution in [0.4, 0.5) is 0 Å². The minimum atomic E-state index is -0.806. The first-order valence-electron chi connectivity index (χ1n) is 7.60. The predicted molar refractivity (Wildman–Crippen MR) is 87.0 cm³/mol. The fourth-order valence-corrected chi connectivity index (χ4v) is 3.48. The van der Waals surface area contributed by atoms with Crippen molar-refractivity contribution >= 4 is 16.9 Å². The molecular weight excluding hydrogens is 278 g/mol. The fourth-order valence-electron chi connectivity index (χ4n) is 3.48. The Kier molecular flexibility index (Phi) is 3.70. The zero-order chi connectivity index (χ0) is 16.0. The summed E-state index contributed by atoms with van der Waals surface area (Å²) in [4.78, 5) is 13.6. The monoisotopic (exact) mass is 301 g/mol. The molecule has 0 amide bonds. The highest BCUT2D eigenvalue weighted by molar-refractivity contribution is 5.88. The predicted octanol–water partition coefficient (Wildman–Crippen LogP) is 1.65. The lowest BCUT2D eigenvalue weighted by atomic mass is 10.00. The van der Waals surface area contributed by atoms with E-state index >= 15 is 0 Å². The number of hydrogen-bond donors (Lipinski definition) is 2. The van der Waals surface area contributed by atoms with Gasteiger partial charge in [0, 0.05) is 43.2 Å². The summed E-state index contributed by atoms with van der Waals surface area (Å²) in [6.45, 7) is 4.02. The van der Waals surface area contributed by atoms with Crippen LogP contribution >= 0.6 is 0 Å². The van der Waals surface area contributed by atoms with Crippen LogP contribution in [-0.4, -0.2) is 40.7 Å². The molecule has 0 fully saturated rings. The highest BCUT2D eigenvalue weighted by Crippen LogP contribution is 2.32. The van der Waals surface area contributed by atoms with Gasteiger partial charge in [0.2, 0.25) is 0 Å². The smallest absolute Gasteiger partial charge is 0.321 e. The van der Waals surface area contributed by atoms with Crippen molar-refractivity contribution in [2.45, 2.75) is 32.5 Å². The van der Waals surface area contributed by atoms with Crippen molar-refractivity contribution in [3.63, 3.8) is 0 Å². The Bertz CT molecular complexity index is 748. The molecular formula is C17H23N3O2. The Hall–Kier alpha value is -1.85. The summed E-state index contributed by atoms with van der Waals surface area (Å²) in [5, 5.41) is 13.4. The third-order valence-corrected chi connectivity index (χ3v) is 4.88. The largest absolute Gasteiger partial charge is 0.480 e. The summed E-state index contributed by atoms with van der Waals surface area (Å²) >= 11 is 0. The van der Waals surface area contributed by atoms with E-state index in [1.165, 1.54) is 22.0 Å². The normalized spacial score (nSPS) is 16.2. The molecule has 2 heterocycles. The molecule has 0 bridgehead atoms. The highest BCUT2D eigenvalue weighted by atomic mass is 16.4. The average Bonchev–Trinajstić information content (AvgIpc) is 2.93. The third kappa shape index (κ3) is 2.30. The fraction of sp³-hybridized carbons (Fsp3) is 0.471. The Morgan fingerprint density at radius 1 is 1.32 bits per heavy atom. The number of aryl methyl sites for hydroxylation is 1. The molecule has 0 radical (unpaired) electrons. The molecule has 2 N–H and O–H groups in total. The summed E-state index contributed by atoms with van der Waals surface area (Å²) in [5.41, 5.74) is 6.22. The van der Waals surface area contributed by atoms with Crippen LogP contribution < -0.4 is 5.32 Å². The average molecular weight is 301 g/mol. The standard InChI is InChI=1S/C17H23N3O2/c1-10-13(7-15(18-2)17(21)22)14-5-11-8-19(3)9-12(11)6-16(14)20(10)4/h5-6,15,18H,7-9H2,1-4H3,(H,21,22). The molecule has 1 unspecified atom stereocenters. The van der Waals surface area contributed by atoms with Crippen molar-refractivity contribution in [3.05, 3.63) is 34.5 Å². The molecule has 0 saturated carbocycles. The Balaban J connectivity index is 2.12. The maximum absolute atomic E-state index is 11.3. The molecule has 1 aromatic carbocycles. The number of carbonyl (C=O) groups is 1. The van der Waals surface area contributed by atoms with E-state index in [1.54, 1.807) is 7.05 Å². The molecule has 1 aliphatic rings. The minimum Gasteiger partial charge on any atom is -0.480 e. The van der Waals surface area contributed by atoms with Gasteiger partial charge >= 0.3 is 5.97 Å². The van der Waals surface area contributed by atoms with Crippen LogP contribution in [-0.2, 0) is 31.4 Å². The van der Waals surface area contributed by atoms with Crippen LogP contribution in [0.15, 0.2) is 12.1 Å². The van der Waals surface area contributed by atoms with Crippen LogP contribution in [0.3, 0.4) is 0 Å². The highest BCUT2D eigenvalue weighted by Gasteiger charge is 2.23. The zero-order valence-corrected chi connectivity index (χ0v) is 13.6. The Morgan fingerprint density at radius 2 is 1.95 bits per heavy atom. The first kappa shape index (κ1) is 15.1. The van der Waals surface area contributed by atoms with Crippen LogP contribution in [0.2, 0.25) is 0 Å². The molecule has 5 nitrogen and oxygen atoms in total. The van der Waals surface area contributed by atoms with Crippen molar-refractivity contribution in [2.24, 2.45) is 7.05 Å². The number of nitrogens with zero attached hydrogens (tertiary/aromatic N) is 2. The first-order chi connectivity index (χ1) is 10.4. The maximum Gasteiger partial charge on any atom is 0.321 e. The van der Waals surface area contributed by atoms with Gasteiger partial charge in [-0.05, 0) is 49.8 Å². The number of fused-ring (bicyclic) bond motifs is 2. The maximum atomic E-state index is 11.3. The molecule has 3 rings (SSSR count). The molecule has 1 aliphatic heterocycles. The molecule has 0 aliphatic carbocycles. The van der Waals surface area contributed by atoms with Gasteiger partial charge < -0.3 is 15.0 Å². The van der Waals surface area contributed by atoms with Crippen LogP contribution in [0.25, 0.3) is 10.9 Å². The number of nitrogens with one attached hydrogen (secondary N) is 1. The van der Waals surface area contributed by atoms with Crippen LogP contribution in [0.5, 0.6) is 0 Å². The summed E-state index contributed by atoms with van der Waals surface area (Å²) in [7, 11) is 5.88. The Labute approximate surface area is 130 Å².